The first-order valence-electron chi connectivity index (χ1n) is 7.07. The second-order valence-electron chi connectivity index (χ2n) is 5.42. The van der Waals surface area contributed by atoms with E-state index in [2.05, 4.69) is 41.3 Å². The van der Waals surface area contributed by atoms with Gasteiger partial charge in [0.2, 0.25) is 0 Å². The third-order valence-corrected chi connectivity index (χ3v) is 3.17. The van der Waals surface area contributed by atoms with E-state index in [0.717, 1.165) is 37.1 Å². The molecule has 104 valence electrons. The largest absolute Gasteiger partial charge is 0.314 e. The van der Waals surface area contributed by atoms with Crippen LogP contribution in [0.4, 0.5) is 0 Å². The number of nitrogens with one attached hydrogen (secondary N) is 1. The molecule has 0 saturated heterocycles. The molecule has 0 aromatic carbocycles. The van der Waals surface area contributed by atoms with Crippen LogP contribution in [0.3, 0.4) is 0 Å². The van der Waals surface area contributed by atoms with E-state index in [1.807, 2.05) is 16.8 Å². The van der Waals surface area contributed by atoms with Gasteiger partial charge in [-0.1, -0.05) is 20.8 Å². The second kappa shape index (κ2) is 6.61. The Morgan fingerprint density at radius 1 is 1.37 bits per heavy atom. The van der Waals surface area contributed by atoms with Crippen molar-refractivity contribution in [1.82, 2.24) is 24.9 Å². The zero-order valence-corrected chi connectivity index (χ0v) is 12.0. The molecule has 2 heterocycles. The molecule has 0 radical (unpaired) electrons. The Labute approximate surface area is 114 Å². The van der Waals surface area contributed by atoms with Crippen LogP contribution in [0.5, 0.6) is 0 Å². The summed E-state index contributed by atoms with van der Waals surface area (Å²) in [5.74, 6) is 0.673. The van der Waals surface area contributed by atoms with Gasteiger partial charge in [-0.05, 0) is 25.3 Å². The van der Waals surface area contributed by atoms with Crippen LogP contribution < -0.4 is 5.32 Å². The van der Waals surface area contributed by atoms with Crippen molar-refractivity contribution in [2.45, 2.75) is 46.1 Å². The summed E-state index contributed by atoms with van der Waals surface area (Å²) in [4.78, 5) is 4.47. The minimum atomic E-state index is 0.454. The summed E-state index contributed by atoms with van der Waals surface area (Å²) < 4.78 is 1.93. The van der Waals surface area contributed by atoms with Gasteiger partial charge in [-0.25, -0.2) is 0 Å². The van der Waals surface area contributed by atoms with Crippen LogP contribution in [0, 0.1) is 5.92 Å². The Morgan fingerprint density at radius 2 is 2.21 bits per heavy atom. The van der Waals surface area contributed by atoms with Crippen LogP contribution in [-0.4, -0.2) is 32.2 Å². The summed E-state index contributed by atoms with van der Waals surface area (Å²) in [5, 5.41) is 11.7. The predicted molar refractivity (Wildman–Crippen MR) is 76.0 cm³/mol. The molecule has 0 spiro atoms. The van der Waals surface area contributed by atoms with Crippen LogP contribution in [0.2, 0.25) is 0 Å². The highest BCUT2D eigenvalue weighted by atomic mass is 15.2. The summed E-state index contributed by atoms with van der Waals surface area (Å²) in [6.45, 7) is 7.75. The quantitative estimate of drug-likeness (QED) is 0.829. The first kappa shape index (κ1) is 13.9. The fourth-order valence-electron chi connectivity index (χ4n) is 2.34. The molecule has 19 heavy (non-hydrogen) atoms. The molecule has 1 atom stereocenters. The van der Waals surface area contributed by atoms with Gasteiger partial charge in [0.05, 0.1) is 5.69 Å². The van der Waals surface area contributed by atoms with Crippen molar-refractivity contribution < 1.29 is 0 Å². The Morgan fingerprint density at radius 3 is 2.95 bits per heavy atom. The summed E-state index contributed by atoms with van der Waals surface area (Å²) in [6, 6.07) is 0.454. The normalized spacial score (nSPS) is 13.3. The van der Waals surface area contributed by atoms with E-state index in [0.29, 0.717) is 12.0 Å². The average molecular weight is 261 g/mol. The number of nitrogens with zero attached hydrogens (tertiary/aromatic N) is 4. The molecule has 2 rings (SSSR count). The Bertz CT molecular complexity index is 505. The lowest BCUT2D eigenvalue weighted by atomic mass is 9.99. The second-order valence-corrected chi connectivity index (χ2v) is 5.42. The topological polar surface area (TPSA) is 55.1 Å². The average Bonchev–Trinajstić information content (AvgIpc) is 2.84. The predicted octanol–water partition coefficient (Wildman–Crippen LogP) is 2.08. The van der Waals surface area contributed by atoms with E-state index in [1.54, 1.807) is 6.33 Å². The fourth-order valence-corrected chi connectivity index (χ4v) is 2.34. The first-order valence-corrected chi connectivity index (χ1v) is 7.07. The third-order valence-electron chi connectivity index (χ3n) is 3.17. The lowest BCUT2D eigenvalue weighted by Gasteiger charge is -2.20. The molecule has 2 aromatic rings. The maximum Gasteiger partial charge on any atom is 0.182 e. The van der Waals surface area contributed by atoms with Crippen molar-refractivity contribution in [1.29, 1.82) is 0 Å². The van der Waals surface area contributed by atoms with Gasteiger partial charge in [0.15, 0.2) is 5.65 Å². The molecule has 5 nitrogen and oxygen atoms in total. The monoisotopic (exact) mass is 261 g/mol. The Balaban J connectivity index is 2.12. The molecule has 0 fully saturated rings. The molecule has 1 N–H and O–H groups in total. The van der Waals surface area contributed by atoms with Crippen molar-refractivity contribution in [3.05, 3.63) is 24.4 Å². The lowest BCUT2D eigenvalue weighted by molar-refractivity contribution is 0.414. The number of hydrogen-bond donors (Lipinski definition) is 1. The van der Waals surface area contributed by atoms with Crippen molar-refractivity contribution in [3.63, 3.8) is 0 Å². The summed E-state index contributed by atoms with van der Waals surface area (Å²) in [6.07, 6.45) is 8.63. The van der Waals surface area contributed by atoms with Crippen molar-refractivity contribution in [2.24, 2.45) is 5.92 Å². The van der Waals surface area contributed by atoms with Gasteiger partial charge in [-0.3, -0.25) is 9.38 Å². The molecule has 0 aliphatic carbocycles. The highest BCUT2D eigenvalue weighted by molar-refractivity contribution is 5.42. The fraction of sp³-hybridized carbons (Fsp3) is 0.643. The first-order chi connectivity index (χ1) is 9.20. The molecule has 1 unspecified atom stereocenters. The van der Waals surface area contributed by atoms with E-state index in [-0.39, 0.29) is 0 Å². The molecular formula is C14H23N5. The van der Waals surface area contributed by atoms with Gasteiger partial charge in [0, 0.05) is 24.9 Å². The molecule has 2 aromatic heterocycles. The van der Waals surface area contributed by atoms with Crippen LogP contribution >= 0.6 is 0 Å². The minimum Gasteiger partial charge on any atom is -0.314 e. The molecular weight excluding hydrogens is 238 g/mol. The van der Waals surface area contributed by atoms with Crippen LogP contribution in [-0.2, 0) is 6.42 Å². The van der Waals surface area contributed by atoms with E-state index < -0.39 is 0 Å². The number of hydrogen-bond acceptors (Lipinski definition) is 4. The van der Waals surface area contributed by atoms with Crippen molar-refractivity contribution in [3.8, 4) is 0 Å². The Kier molecular flexibility index (Phi) is 4.85. The Hall–Kier alpha value is -1.49. The maximum atomic E-state index is 4.47. The van der Waals surface area contributed by atoms with Gasteiger partial charge < -0.3 is 5.32 Å². The van der Waals surface area contributed by atoms with Crippen LogP contribution in [0.1, 0.15) is 39.3 Å². The molecule has 0 bridgehead atoms. The van der Waals surface area contributed by atoms with E-state index in [1.165, 1.54) is 0 Å². The zero-order chi connectivity index (χ0) is 13.7. The SMILES string of the molecule is CCCNC(Cc1nccn2cnnc12)CC(C)C. The molecule has 5 heteroatoms. The van der Waals surface area contributed by atoms with Crippen molar-refractivity contribution >= 4 is 5.65 Å². The third kappa shape index (κ3) is 3.73. The van der Waals surface area contributed by atoms with Gasteiger partial charge in [0.25, 0.3) is 0 Å². The summed E-state index contributed by atoms with van der Waals surface area (Å²) in [7, 11) is 0. The van der Waals surface area contributed by atoms with E-state index in [4.69, 9.17) is 0 Å². The zero-order valence-electron chi connectivity index (χ0n) is 12.0. The molecule has 0 amide bonds. The van der Waals surface area contributed by atoms with Gasteiger partial charge >= 0.3 is 0 Å². The lowest BCUT2D eigenvalue weighted by Crippen LogP contribution is -2.33. The smallest absolute Gasteiger partial charge is 0.182 e. The summed E-state index contributed by atoms with van der Waals surface area (Å²) >= 11 is 0. The summed E-state index contributed by atoms with van der Waals surface area (Å²) in [5.41, 5.74) is 1.89. The minimum absolute atomic E-state index is 0.454. The number of fused-ring (bicyclic) bond motifs is 1. The highest BCUT2D eigenvalue weighted by Crippen LogP contribution is 2.12. The number of aromatic nitrogens is 4. The van der Waals surface area contributed by atoms with Gasteiger partial charge in [-0.2, -0.15) is 0 Å². The van der Waals surface area contributed by atoms with E-state index >= 15 is 0 Å². The van der Waals surface area contributed by atoms with Crippen LogP contribution in [0.15, 0.2) is 18.7 Å². The standard InChI is InChI=1S/C14H23N5/c1-4-5-15-12(8-11(2)3)9-13-14-18-17-10-19(14)7-6-16-13/h6-7,10-12,15H,4-5,8-9H2,1-3H3. The number of rotatable bonds is 7. The van der Waals surface area contributed by atoms with Gasteiger partial charge in [0.1, 0.15) is 6.33 Å². The highest BCUT2D eigenvalue weighted by Gasteiger charge is 2.14. The van der Waals surface area contributed by atoms with Crippen molar-refractivity contribution in [2.75, 3.05) is 6.54 Å². The van der Waals surface area contributed by atoms with Crippen LogP contribution in [0.25, 0.3) is 5.65 Å². The molecule has 0 aliphatic heterocycles. The van der Waals surface area contributed by atoms with E-state index in [9.17, 15) is 0 Å². The van der Waals surface area contributed by atoms with Gasteiger partial charge in [-0.15, -0.1) is 10.2 Å². The molecule has 0 saturated carbocycles. The maximum absolute atomic E-state index is 4.47. The molecule has 0 aliphatic rings.